The maximum absolute atomic E-state index is 10.6. The monoisotopic (exact) mass is 254 g/mol. The van der Waals surface area contributed by atoms with Crippen molar-refractivity contribution in [2.75, 3.05) is 38.2 Å². The fraction of sp³-hybridized carbons (Fsp3) is 0.417. The molecule has 4 nitrogen and oxygen atoms in total. The Morgan fingerprint density at radius 1 is 1.24 bits per heavy atom. The van der Waals surface area contributed by atoms with Crippen LogP contribution in [-0.4, -0.2) is 44.6 Å². The standard InChI is InChI=1S/C12H15ClN2O2/c1-17-12-7-10(13)6-11(8-12)15-4-2-14(9-16)3-5-15/h6-9H,2-5H2,1H3. The van der Waals surface area contributed by atoms with Gasteiger partial charge in [0.25, 0.3) is 0 Å². The van der Waals surface area contributed by atoms with Gasteiger partial charge in [0.1, 0.15) is 5.75 Å². The number of methoxy groups -OCH3 is 1. The van der Waals surface area contributed by atoms with Crippen molar-refractivity contribution in [3.05, 3.63) is 23.2 Å². The highest BCUT2D eigenvalue weighted by Gasteiger charge is 2.16. The van der Waals surface area contributed by atoms with E-state index in [-0.39, 0.29) is 0 Å². The number of halogens is 1. The molecule has 0 bridgehead atoms. The van der Waals surface area contributed by atoms with Crippen LogP contribution in [-0.2, 0) is 4.79 Å². The molecule has 0 N–H and O–H groups in total. The lowest BCUT2D eigenvalue weighted by Gasteiger charge is -2.34. The summed E-state index contributed by atoms with van der Waals surface area (Å²) in [6.07, 6.45) is 0.899. The van der Waals surface area contributed by atoms with E-state index in [0.29, 0.717) is 5.02 Å². The number of benzene rings is 1. The molecule has 1 aromatic carbocycles. The summed E-state index contributed by atoms with van der Waals surface area (Å²) in [7, 11) is 1.62. The third-order valence-electron chi connectivity index (χ3n) is 2.92. The highest BCUT2D eigenvalue weighted by molar-refractivity contribution is 6.31. The molecule has 5 heteroatoms. The second kappa shape index (κ2) is 5.27. The number of piperazine rings is 1. The lowest BCUT2D eigenvalue weighted by molar-refractivity contribution is -0.118. The van der Waals surface area contributed by atoms with E-state index in [2.05, 4.69) is 4.90 Å². The smallest absolute Gasteiger partial charge is 0.209 e. The van der Waals surface area contributed by atoms with E-state index < -0.39 is 0 Å². The molecule has 1 aliphatic rings. The van der Waals surface area contributed by atoms with Crippen molar-refractivity contribution in [1.82, 2.24) is 4.90 Å². The average molecular weight is 255 g/mol. The van der Waals surface area contributed by atoms with Gasteiger partial charge in [-0.1, -0.05) is 11.6 Å². The first-order chi connectivity index (χ1) is 8.22. The number of hydrogen-bond acceptors (Lipinski definition) is 3. The molecule has 0 radical (unpaired) electrons. The van der Waals surface area contributed by atoms with Crippen LogP contribution in [0.15, 0.2) is 18.2 Å². The number of anilines is 1. The van der Waals surface area contributed by atoms with Crippen LogP contribution >= 0.6 is 11.6 Å². The first kappa shape index (κ1) is 12.0. The molecule has 0 spiro atoms. The summed E-state index contributed by atoms with van der Waals surface area (Å²) >= 11 is 6.03. The van der Waals surface area contributed by atoms with E-state index in [1.165, 1.54) is 0 Å². The molecule has 17 heavy (non-hydrogen) atoms. The van der Waals surface area contributed by atoms with E-state index >= 15 is 0 Å². The first-order valence-electron chi connectivity index (χ1n) is 5.52. The third kappa shape index (κ3) is 2.82. The van der Waals surface area contributed by atoms with Crippen LogP contribution in [0.2, 0.25) is 5.02 Å². The van der Waals surface area contributed by atoms with Gasteiger partial charge < -0.3 is 14.5 Å². The van der Waals surface area contributed by atoms with Crippen LogP contribution in [0.4, 0.5) is 5.69 Å². The largest absolute Gasteiger partial charge is 0.497 e. The minimum absolute atomic E-state index is 0.664. The van der Waals surface area contributed by atoms with Gasteiger partial charge in [0.15, 0.2) is 0 Å². The van der Waals surface area contributed by atoms with Crippen molar-refractivity contribution in [2.45, 2.75) is 0 Å². The topological polar surface area (TPSA) is 32.8 Å². The van der Waals surface area contributed by atoms with Gasteiger partial charge in [-0.25, -0.2) is 0 Å². The average Bonchev–Trinajstić information content (AvgIpc) is 2.38. The zero-order valence-electron chi connectivity index (χ0n) is 9.73. The lowest BCUT2D eigenvalue weighted by Crippen LogP contribution is -2.45. The van der Waals surface area contributed by atoms with Crippen LogP contribution in [0.3, 0.4) is 0 Å². The molecule has 0 aliphatic carbocycles. The molecule has 0 saturated carbocycles. The number of rotatable bonds is 3. The summed E-state index contributed by atoms with van der Waals surface area (Å²) in [6, 6.07) is 5.66. The zero-order valence-corrected chi connectivity index (χ0v) is 10.5. The Labute approximate surface area is 106 Å². The third-order valence-corrected chi connectivity index (χ3v) is 3.14. The van der Waals surface area contributed by atoms with Gasteiger partial charge in [0.05, 0.1) is 7.11 Å². The lowest BCUT2D eigenvalue weighted by atomic mass is 10.2. The molecular formula is C12H15ClN2O2. The number of carbonyl (C=O) groups is 1. The summed E-state index contributed by atoms with van der Waals surface area (Å²) < 4.78 is 5.19. The Balaban J connectivity index is 2.12. The molecular weight excluding hydrogens is 240 g/mol. The predicted octanol–water partition coefficient (Wildman–Crippen LogP) is 1.63. The van der Waals surface area contributed by atoms with Gasteiger partial charge in [0, 0.05) is 43.0 Å². The first-order valence-corrected chi connectivity index (χ1v) is 5.89. The molecule has 1 aromatic rings. The molecule has 1 aliphatic heterocycles. The zero-order chi connectivity index (χ0) is 12.3. The van der Waals surface area contributed by atoms with Crippen molar-refractivity contribution >= 4 is 23.7 Å². The Kier molecular flexibility index (Phi) is 3.74. The summed E-state index contributed by atoms with van der Waals surface area (Å²) in [5.74, 6) is 0.755. The molecule has 1 saturated heterocycles. The highest BCUT2D eigenvalue weighted by Crippen LogP contribution is 2.27. The Morgan fingerprint density at radius 3 is 2.53 bits per heavy atom. The SMILES string of the molecule is COc1cc(Cl)cc(N2CCN(C=O)CC2)c1. The van der Waals surface area contributed by atoms with Crippen LogP contribution < -0.4 is 9.64 Å². The predicted molar refractivity (Wildman–Crippen MR) is 67.9 cm³/mol. The van der Waals surface area contributed by atoms with E-state index in [1.54, 1.807) is 18.1 Å². The summed E-state index contributed by atoms with van der Waals surface area (Å²) in [5.41, 5.74) is 1.04. The van der Waals surface area contributed by atoms with Crippen molar-refractivity contribution in [3.8, 4) is 5.75 Å². The molecule has 92 valence electrons. The van der Waals surface area contributed by atoms with Crippen LogP contribution in [0.25, 0.3) is 0 Å². The second-order valence-electron chi connectivity index (χ2n) is 3.98. The molecule has 0 unspecified atom stereocenters. The van der Waals surface area contributed by atoms with Gasteiger partial charge in [-0.05, 0) is 12.1 Å². The van der Waals surface area contributed by atoms with Crippen LogP contribution in [0.1, 0.15) is 0 Å². The van der Waals surface area contributed by atoms with Crippen molar-refractivity contribution in [3.63, 3.8) is 0 Å². The number of nitrogens with zero attached hydrogens (tertiary/aromatic N) is 2. The van der Waals surface area contributed by atoms with E-state index in [9.17, 15) is 4.79 Å². The van der Waals surface area contributed by atoms with Gasteiger partial charge >= 0.3 is 0 Å². The molecule has 1 amide bonds. The summed E-state index contributed by atoms with van der Waals surface area (Å²) in [6.45, 7) is 3.14. The minimum atomic E-state index is 0.664. The Morgan fingerprint density at radius 2 is 1.94 bits per heavy atom. The minimum Gasteiger partial charge on any atom is -0.497 e. The van der Waals surface area contributed by atoms with Crippen molar-refractivity contribution in [2.24, 2.45) is 0 Å². The number of ether oxygens (including phenoxy) is 1. The van der Waals surface area contributed by atoms with E-state index in [4.69, 9.17) is 16.3 Å². The fourth-order valence-electron chi connectivity index (χ4n) is 1.93. The highest BCUT2D eigenvalue weighted by atomic mass is 35.5. The molecule has 1 fully saturated rings. The maximum Gasteiger partial charge on any atom is 0.209 e. The van der Waals surface area contributed by atoms with E-state index in [1.807, 2.05) is 12.1 Å². The number of carbonyl (C=O) groups excluding carboxylic acids is 1. The van der Waals surface area contributed by atoms with Crippen molar-refractivity contribution < 1.29 is 9.53 Å². The number of amides is 1. The quantitative estimate of drug-likeness (QED) is 0.769. The Bertz CT molecular complexity index is 403. The van der Waals surface area contributed by atoms with Gasteiger partial charge in [-0.3, -0.25) is 4.79 Å². The van der Waals surface area contributed by atoms with Crippen LogP contribution in [0.5, 0.6) is 5.75 Å². The summed E-state index contributed by atoms with van der Waals surface area (Å²) in [4.78, 5) is 14.6. The van der Waals surface area contributed by atoms with Crippen molar-refractivity contribution in [1.29, 1.82) is 0 Å². The van der Waals surface area contributed by atoms with Crippen LogP contribution in [0, 0.1) is 0 Å². The molecule has 0 atom stereocenters. The van der Waals surface area contributed by atoms with Gasteiger partial charge in [-0.15, -0.1) is 0 Å². The number of hydrogen-bond donors (Lipinski definition) is 0. The van der Waals surface area contributed by atoms with Gasteiger partial charge in [0.2, 0.25) is 6.41 Å². The normalized spacial score (nSPS) is 15.9. The fourth-order valence-corrected chi connectivity index (χ4v) is 2.15. The van der Waals surface area contributed by atoms with Gasteiger partial charge in [-0.2, -0.15) is 0 Å². The maximum atomic E-state index is 10.6. The summed E-state index contributed by atoms with van der Waals surface area (Å²) in [5, 5.41) is 0.664. The van der Waals surface area contributed by atoms with E-state index in [0.717, 1.165) is 44.0 Å². The molecule has 2 rings (SSSR count). The second-order valence-corrected chi connectivity index (χ2v) is 4.41. The molecule has 1 heterocycles. The Hall–Kier alpha value is -1.42. The molecule has 0 aromatic heterocycles.